The fraction of sp³-hybridized carbons (Fsp3) is 0.167. The van der Waals surface area contributed by atoms with Crippen molar-refractivity contribution in [1.82, 2.24) is 0 Å². The Bertz CT molecular complexity index is 517. The highest BCUT2D eigenvalue weighted by Gasteiger charge is 2.05. The molecule has 0 aliphatic carbocycles. The fourth-order valence-electron chi connectivity index (χ4n) is 1.37. The smallest absolute Gasteiger partial charge is 0.183 e. The van der Waals surface area contributed by atoms with Gasteiger partial charge >= 0.3 is 0 Å². The molecule has 0 spiro atoms. The second-order valence-electron chi connectivity index (χ2n) is 3.65. The van der Waals surface area contributed by atoms with Crippen LogP contribution >= 0.6 is 47.8 Å². The Morgan fingerprint density at radius 2 is 1.88 bits per heavy atom. The number of anilines is 1. The molecule has 17 heavy (non-hydrogen) atoms. The van der Waals surface area contributed by atoms with E-state index in [0.717, 1.165) is 25.1 Å². The highest BCUT2D eigenvalue weighted by molar-refractivity contribution is 9.13. The molecule has 0 aliphatic rings. The number of hydrogen-bond acceptors (Lipinski definition) is 2. The summed E-state index contributed by atoms with van der Waals surface area (Å²) in [6, 6.07) is 8.12. The van der Waals surface area contributed by atoms with Crippen molar-refractivity contribution >= 4 is 53.5 Å². The minimum Gasteiger partial charge on any atom is -0.451 e. The quantitative estimate of drug-likeness (QED) is 0.706. The molecule has 2 rings (SSSR count). The van der Waals surface area contributed by atoms with Gasteiger partial charge in [-0.1, -0.05) is 22.0 Å². The van der Waals surface area contributed by atoms with Gasteiger partial charge in [-0.2, -0.15) is 0 Å². The molecular weight excluding hydrogens is 414 g/mol. The van der Waals surface area contributed by atoms with Crippen LogP contribution in [0.1, 0.15) is 11.3 Å². The molecular formula is C12H10Br3NO. The van der Waals surface area contributed by atoms with Crippen molar-refractivity contribution in [3.05, 3.63) is 49.2 Å². The number of furan rings is 1. The van der Waals surface area contributed by atoms with Gasteiger partial charge in [-0.15, -0.1) is 0 Å². The largest absolute Gasteiger partial charge is 0.451 e. The summed E-state index contributed by atoms with van der Waals surface area (Å²) in [7, 11) is 0. The van der Waals surface area contributed by atoms with Crippen LogP contribution in [-0.2, 0) is 6.54 Å². The molecule has 2 nitrogen and oxygen atoms in total. The van der Waals surface area contributed by atoms with Gasteiger partial charge in [0.2, 0.25) is 0 Å². The second kappa shape index (κ2) is 5.59. The summed E-state index contributed by atoms with van der Waals surface area (Å²) in [5, 5.41) is 3.30. The maximum absolute atomic E-state index is 5.49. The number of hydrogen-bond donors (Lipinski definition) is 1. The van der Waals surface area contributed by atoms with E-state index in [0.29, 0.717) is 6.54 Å². The second-order valence-corrected chi connectivity index (χ2v) is 6.08. The third kappa shape index (κ3) is 3.36. The molecule has 2 aromatic rings. The fourth-order valence-corrected chi connectivity index (χ4v) is 2.41. The number of halogens is 3. The first-order valence-electron chi connectivity index (χ1n) is 5.00. The van der Waals surface area contributed by atoms with E-state index >= 15 is 0 Å². The summed E-state index contributed by atoms with van der Waals surface area (Å²) < 4.78 is 8.24. The van der Waals surface area contributed by atoms with Gasteiger partial charge in [0.05, 0.1) is 11.0 Å². The van der Waals surface area contributed by atoms with Gasteiger partial charge in [-0.05, 0) is 62.5 Å². The molecule has 0 bridgehead atoms. The number of nitrogens with one attached hydrogen (secondary N) is 1. The van der Waals surface area contributed by atoms with Crippen LogP contribution in [0.15, 0.2) is 42.3 Å². The lowest BCUT2D eigenvalue weighted by molar-refractivity contribution is 0.494. The SMILES string of the molecule is Cc1ccc(NCc2cc(Br)c(Br)o2)cc1Br. The van der Waals surface area contributed by atoms with E-state index in [2.05, 4.69) is 72.2 Å². The van der Waals surface area contributed by atoms with Gasteiger partial charge in [0.25, 0.3) is 0 Å². The molecule has 0 saturated heterocycles. The molecule has 1 aromatic carbocycles. The molecule has 0 saturated carbocycles. The minimum atomic E-state index is 0.652. The standard InChI is InChI=1S/C12H10Br3NO/c1-7-2-3-8(4-10(7)13)16-6-9-5-11(14)12(15)17-9/h2-5,16H,6H2,1H3. The highest BCUT2D eigenvalue weighted by Crippen LogP contribution is 2.27. The summed E-state index contributed by atoms with van der Waals surface area (Å²) >= 11 is 10.2. The molecule has 5 heteroatoms. The zero-order valence-electron chi connectivity index (χ0n) is 9.06. The molecule has 0 atom stereocenters. The van der Waals surface area contributed by atoms with Crippen molar-refractivity contribution in [2.45, 2.75) is 13.5 Å². The lowest BCUT2D eigenvalue weighted by Gasteiger charge is -2.06. The summed E-state index contributed by atoms with van der Waals surface area (Å²) in [4.78, 5) is 0. The summed E-state index contributed by atoms with van der Waals surface area (Å²) in [6.07, 6.45) is 0. The average molecular weight is 424 g/mol. The van der Waals surface area contributed by atoms with Gasteiger partial charge in [0, 0.05) is 10.2 Å². The van der Waals surface area contributed by atoms with Crippen molar-refractivity contribution in [2.24, 2.45) is 0 Å². The van der Waals surface area contributed by atoms with Crippen LogP contribution in [0.25, 0.3) is 0 Å². The molecule has 0 aliphatic heterocycles. The number of benzene rings is 1. The van der Waals surface area contributed by atoms with Crippen molar-refractivity contribution < 1.29 is 4.42 Å². The van der Waals surface area contributed by atoms with Crippen LogP contribution in [0.5, 0.6) is 0 Å². The first kappa shape index (κ1) is 13.2. The van der Waals surface area contributed by atoms with Crippen LogP contribution < -0.4 is 5.32 Å². The predicted octanol–water partition coefficient (Wildman–Crippen LogP) is 5.49. The molecule has 0 amide bonds. The third-order valence-electron chi connectivity index (χ3n) is 2.33. The van der Waals surface area contributed by atoms with Crippen LogP contribution in [0, 0.1) is 6.92 Å². The zero-order chi connectivity index (χ0) is 12.4. The Labute approximate surface area is 125 Å². The van der Waals surface area contributed by atoms with Crippen molar-refractivity contribution in [1.29, 1.82) is 0 Å². The highest BCUT2D eigenvalue weighted by atomic mass is 79.9. The van der Waals surface area contributed by atoms with E-state index in [9.17, 15) is 0 Å². The molecule has 0 radical (unpaired) electrons. The Kier molecular flexibility index (Phi) is 4.33. The predicted molar refractivity (Wildman–Crippen MR) is 80.3 cm³/mol. The lowest BCUT2D eigenvalue weighted by atomic mass is 10.2. The lowest BCUT2D eigenvalue weighted by Crippen LogP contribution is -1.98. The molecule has 0 unspecified atom stereocenters. The van der Waals surface area contributed by atoms with Gasteiger partial charge in [-0.3, -0.25) is 0 Å². The van der Waals surface area contributed by atoms with E-state index in [1.165, 1.54) is 5.56 Å². The molecule has 1 N–H and O–H groups in total. The van der Waals surface area contributed by atoms with Crippen LogP contribution in [0.3, 0.4) is 0 Å². The van der Waals surface area contributed by atoms with Crippen LogP contribution in [-0.4, -0.2) is 0 Å². The molecule has 90 valence electrons. The molecule has 1 aromatic heterocycles. The number of aryl methyl sites for hydroxylation is 1. The topological polar surface area (TPSA) is 25.2 Å². The first-order valence-corrected chi connectivity index (χ1v) is 7.38. The summed E-state index contributed by atoms with van der Waals surface area (Å²) in [5.41, 5.74) is 2.28. The Morgan fingerprint density at radius 3 is 2.47 bits per heavy atom. The summed E-state index contributed by atoms with van der Waals surface area (Å²) in [6.45, 7) is 2.72. The summed E-state index contributed by atoms with van der Waals surface area (Å²) in [5.74, 6) is 0.875. The maximum atomic E-state index is 5.49. The number of rotatable bonds is 3. The minimum absolute atomic E-state index is 0.652. The Hall–Kier alpha value is -0.260. The third-order valence-corrected chi connectivity index (χ3v) is 4.90. The van der Waals surface area contributed by atoms with Gasteiger partial charge in [-0.25, -0.2) is 0 Å². The van der Waals surface area contributed by atoms with Gasteiger partial charge in [0.15, 0.2) is 4.67 Å². The van der Waals surface area contributed by atoms with E-state index in [1.54, 1.807) is 0 Å². The van der Waals surface area contributed by atoms with E-state index in [1.807, 2.05) is 12.1 Å². The molecule has 0 fully saturated rings. The van der Waals surface area contributed by atoms with Crippen molar-refractivity contribution in [3.63, 3.8) is 0 Å². The van der Waals surface area contributed by atoms with E-state index < -0.39 is 0 Å². The maximum Gasteiger partial charge on any atom is 0.183 e. The van der Waals surface area contributed by atoms with Crippen molar-refractivity contribution in [3.8, 4) is 0 Å². The van der Waals surface area contributed by atoms with E-state index in [4.69, 9.17) is 4.42 Å². The van der Waals surface area contributed by atoms with Crippen LogP contribution in [0.4, 0.5) is 5.69 Å². The first-order chi connectivity index (χ1) is 8.06. The van der Waals surface area contributed by atoms with E-state index in [-0.39, 0.29) is 0 Å². The Morgan fingerprint density at radius 1 is 1.12 bits per heavy atom. The van der Waals surface area contributed by atoms with Crippen molar-refractivity contribution in [2.75, 3.05) is 5.32 Å². The monoisotopic (exact) mass is 421 g/mol. The zero-order valence-corrected chi connectivity index (χ0v) is 13.8. The molecule has 1 heterocycles. The Balaban J connectivity index is 2.04. The average Bonchev–Trinajstić information content (AvgIpc) is 2.60. The van der Waals surface area contributed by atoms with Gasteiger partial charge < -0.3 is 9.73 Å². The van der Waals surface area contributed by atoms with Crippen LogP contribution in [0.2, 0.25) is 0 Å². The van der Waals surface area contributed by atoms with Gasteiger partial charge in [0.1, 0.15) is 5.76 Å². The normalized spacial score (nSPS) is 10.6.